The average Bonchev–Trinajstić information content (AvgIpc) is 3.15. The molecule has 2 heterocycles. The third-order valence-corrected chi connectivity index (χ3v) is 4.54. The molecule has 7 nitrogen and oxygen atoms in total. The van der Waals surface area contributed by atoms with E-state index in [0.29, 0.717) is 16.3 Å². The van der Waals surface area contributed by atoms with Crippen molar-refractivity contribution in [1.29, 1.82) is 0 Å². The Kier molecular flexibility index (Phi) is 5.09. The molecule has 0 aliphatic rings. The van der Waals surface area contributed by atoms with E-state index < -0.39 is 11.4 Å². The molecule has 0 fully saturated rings. The SMILES string of the molecule is O=C(CCn1cnc2onc(-c3ccc(F)cc3)c2c1=O)Nc1ccc(Cl)cc1. The van der Waals surface area contributed by atoms with Crippen LogP contribution in [0.3, 0.4) is 0 Å². The summed E-state index contributed by atoms with van der Waals surface area (Å²) in [5, 5.41) is 7.37. The van der Waals surface area contributed by atoms with Crippen molar-refractivity contribution in [1.82, 2.24) is 14.7 Å². The number of anilines is 1. The highest BCUT2D eigenvalue weighted by Gasteiger charge is 2.17. The lowest BCUT2D eigenvalue weighted by atomic mass is 10.1. The van der Waals surface area contributed by atoms with Crippen molar-refractivity contribution in [3.8, 4) is 11.3 Å². The summed E-state index contributed by atoms with van der Waals surface area (Å²) in [6.07, 6.45) is 1.37. The second-order valence-electron chi connectivity index (χ2n) is 6.27. The summed E-state index contributed by atoms with van der Waals surface area (Å²) in [5.41, 5.74) is 1.10. The monoisotopic (exact) mass is 412 g/mol. The first kappa shape index (κ1) is 18.8. The number of halogens is 2. The van der Waals surface area contributed by atoms with Crippen LogP contribution in [0.4, 0.5) is 10.1 Å². The smallest absolute Gasteiger partial charge is 0.266 e. The van der Waals surface area contributed by atoms with E-state index in [1.54, 1.807) is 24.3 Å². The topological polar surface area (TPSA) is 90.0 Å². The predicted molar refractivity (Wildman–Crippen MR) is 106 cm³/mol. The van der Waals surface area contributed by atoms with Crippen LogP contribution in [0.2, 0.25) is 5.02 Å². The first-order valence-electron chi connectivity index (χ1n) is 8.67. The predicted octanol–water partition coefficient (Wildman–Crippen LogP) is 3.87. The zero-order valence-electron chi connectivity index (χ0n) is 14.9. The average molecular weight is 413 g/mol. The molecule has 0 bridgehead atoms. The number of hydrogen-bond acceptors (Lipinski definition) is 5. The maximum atomic E-state index is 13.2. The fraction of sp³-hybridized carbons (Fsp3) is 0.100. The van der Waals surface area contributed by atoms with Gasteiger partial charge in [-0.1, -0.05) is 16.8 Å². The van der Waals surface area contributed by atoms with E-state index in [2.05, 4.69) is 15.5 Å². The molecule has 146 valence electrons. The lowest BCUT2D eigenvalue weighted by Gasteiger charge is -2.07. The molecule has 0 saturated carbocycles. The Labute approximate surface area is 168 Å². The molecule has 4 aromatic rings. The molecule has 29 heavy (non-hydrogen) atoms. The number of benzene rings is 2. The first-order chi connectivity index (χ1) is 14.0. The molecule has 0 saturated heterocycles. The lowest BCUT2D eigenvalue weighted by Crippen LogP contribution is -2.23. The third-order valence-electron chi connectivity index (χ3n) is 4.29. The highest BCUT2D eigenvalue weighted by molar-refractivity contribution is 6.30. The fourth-order valence-corrected chi connectivity index (χ4v) is 2.95. The van der Waals surface area contributed by atoms with Gasteiger partial charge in [0, 0.05) is 29.2 Å². The van der Waals surface area contributed by atoms with Gasteiger partial charge < -0.3 is 9.84 Å². The quantitative estimate of drug-likeness (QED) is 0.537. The van der Waals surface area contributed by atoms with Gasteiger partial charge >= 0.3 is 0 Å². The number of amides is 1. The third kappa shape index (κ3) is 4.02. The van der Waals surface area contributed by atoms with Crippen molar-refractivity contribution in [3.05, 3.63) is 76.1 Å². The number of aryl methyl sites for hydroxylation is 1. The Morgan fingerprint density at radius 3 is 2.59 bits per heavy atom. The summed E-state index contributed by atoms with van der Waals surface area (Å²) in [6.45, 7) is 0.120. The van der Waals surface area contributed by atoms with Crippen LogP contribution >= 0.6 is 11.6 Å². The largest absolute Gasteiger partial charge is 0.335 e. The molecule has 0 atom stereocenters. The molecule has 9 heteroatoms. The van der Waals surface area contributed by atoms with Crippen LogP contribution in [-0.4, -0.2) is 20.6 Å². The molecular formula is C20H14ClFN4O3. The van der Waals surface area contributed by atoms with Gasteiger partial charge in [-0.3, -0.25) is 14.2 Å². The van der Waals surface area contributed by atoms with Crippen molar-refractivity contribution < 1.29 is 13.7 Å². The minimum atomic E-state index is -0.399. The Bertz CT molecular complexity index is 1230. The number of carbonyl (C=O) groups excluding carboxylic acids is 1. The van der Waals surface area contributed by atoms with Crippen LogP contribution in [0.15, 0.2) is 64.2 Å². The van der Waals surface area contributed by atoms with Gasteiger partial charge in [-0.05, 0) is 48.5 Å². The lowest BCUT2D eigenvalue weighted by molar-refractivity contribution is -0.116. The van der Waals surface area contributed by atoms with E-state index in [-0.39, 0.29) is 35.7 Å². The van der Waals surface area contributed by atoms with Gasteiger partial charge in [-0.15, -0.1) is 0 Å². The highest BCUT2D eigenvalue weighted by atomic mass is 35.5. The minimum Gasteiger partial charge on any atom is -0.335 e. The maximum absolute atomic E-state index is 13.2. The summed E-state index contributed by atoms with van der Waals surface area (Å²) in [5.74, 6) is -0.660. The van der Waals surface area contributed by atoms with E-state index in [0.717, 1.165) is 0 Å². The van der Waals surface area contributed by atoms with Gasteiger partial charge in [0.1, 0.15) is 23.2 Å². The number of fused-ring (bicyclic) bond motifs is 1. The van der Waals surface area contributed by atoms with E-state index in [4.69, 9.17) is 16.1 Å². The molecule has 4 rings (SSSR count). The molecule has 0 spiro atoms. The Hall–Kier alpha value is -3.52. The molecular weight excluding hydrogens is 399 g/mol. The van der Waals surface area contributed by atoms with Crippen molar-refractivity contribution in [2.45, 2.75) is 13.0 Å². The Balaban J connectivity index is 1.55. The molecule has 2 aromatic heterocycles. The van der Waals surface area contributed by atoms with Crippen LogP contribution in [-0.2, 0) is 11.3 Å². The molecule has 1 amide bonds. The van der Waals surface area contributed by atoms with E-state index in [1.807, 2.05) is 0 Å². The second-order valence-corrected chi connectivity index (χ2v) is 6.70. The number of rotatable bonds is 5. The van der Waals surface area contributed by atoms with E-state index >= 15 is 0 Å². The standard InChI is InChI=1S/C20H14ClFN4O3/c21-13-3-7-15(8-4-13)24-16(27)9-10-26-11-23-19-17(20(26)28)18(25-29-19)12-1-5-14(22)6-2-12/h1-8,11H,9-10H2,(H,24,27). The number of hydrogen-bond donors (Lipinski definition) is 1. The molecule has 0 aliphatic heterocycles. The summed E-state index contributed by atoms with van der Waals surface area (Å²) in [6, 6.07) is 12.3. The van der Waals surface area contributed by atoms with E-state index in [9.17, 15) is 14.0 Å². The summed E-state index contributed by atoms with van der Waals surface area (Å²) >= 11 is 5.82. The molecule has 1 N–H and O–H groups in total. The Morgan fingerprint density at radius 1 is 1.14 bits per heavy atom. The number of carbonyl (C=O) groups is 1. The zero-order chi connectivity index (χ0) is 20.4. The summed E-state index contributed by atoms with van der Waals surface area (Å²) in [4.78, 5) is 29.1. The number of aromatic nitrogens is 3. The molecule has 2 aromatic carbocycles. The van der Waals surface area contributed by atoms with Gasteiger partial charge in [-0.2, -0.15) is 0 Å². The van der Waals surface area contributed by atoms with Gasteiger partial charge in [0.05, 0.1) is 0 Å². The Morgan fingerprint density at radius 2 is 1.86 bits per heavy atom. The summed E-state index contributed by atoms with van der Waals surface area (Å²) in [7, 11) is 0. The van der Waals surface area contributed by atoms with E-state index in [1.165, 1.54) is 35.2 Å². The van der Waals surface area contributed by atoms with Crippen LogP contribution in [0, 0.1) is 5.82 Å². The normalized spacial score (nSPS) is 11.0. The van der Waals surface area contributed by atoms with Crippen molar-refractivity contribution in [2.75, 3.05) is 5.32 Å². The number of nitrogens with zero attached hydrogens (tertiary/aromatic N) is 3. The van der Waals surface area contributed by atoms with Crippen LogP contribution < -0.4 is 10.9 Å². The molecule has 0 radical (unpaired) electrons. The van der Waals surface area contributed by atoms with Crippen LogP contribution in [0.1, 0.15) is 6.42 Å². The van der Waals surface area contributed by atoms with Crippen molar-refractivity contribution in [2.24, 2.45) is 0 Å². The molecule has 0 aliphatic carbocycles. The van der Waals surface area contributed by atoms with Gasteiger partial charge in [0.25, 0.3) is 11.3 Å². The van der Waals surface area contributed by atoms with Crippen LogP contribution in [0.5, 0.6) is 0 Å². The van der Waals surface area contributed by atoms with Gasteiger partial charge in [0.2, 0.25) is 5.91 Å². The minimum absolute atomic E-state index is 0.0624. The van der Waals surface area contributed by atoms with Crippen LogP contribution in [0.25, 0.3) is 22.4 Å². The molecule has 0 unspecified atom stereocenters. The maximum Gasteiger partial charge on any atom is 0.266 e. The zero-order valence-corrected chi connectivity index (χ0v) is 15.7. The number of nitrogens with one attached hydrogen (secondary N) is 1. The highest BCUT2D eigenvalue weighted by Crippen LogP contribution is 2.24. The fourth-order valence-electron chi connectivity index (χ4n) is 2.82. The van der Waals surface area contributed by atoms with Gasteiger partial charge in [-0.25, -0.2) is 9.37 Å². The summed E-state index contributed by atoms with van der Waals surface area (Å²) < 4.78 is 19.6. The van der Waals surface area contributed by atoms with Gasteiger partial charge in [0.15, 0.2) is 0 Å². The first-order valence-corrected chi connectivity index (χ1v) is 9.05. The van der Waals surface area contributed by atoms with Crippen molar-refractivity contribution >= 4 is 34.3 Å². The second kappa shape index (κ2) is 7.84. The van der Waals surface area contributed by atoms with Crippen molar-refractivity contribution in [3.63, 3.8) is 0 Å².